The lowest BCUT2D eigenvalue weighted by Gasteiger charge is -2.19. The van der Waals surface area contributed by atoms with E-state index in [1.807, 2.05) is 0 Å². The first-order valence-corrected chi connectivity index (χ1v) is 6.77. The minimum Gasteiger partial charge on any atom is -0.490 e. The standard InChI is InChI=1S/C15H21NO/c1-2-16-11-15(7-8-15)10-13-9-12-5-3-4-6-14(12)17-13/h3-6,13,16H,2,7-11H2,1H3. The molecular weight excluding hydrogens is 210 g/mol. The monoisotopic (exact) mass is 231 g/mol. The molecule has 3 rings (SSSR count). The third-order valence-corrected chi connectivity index (χ3v) is 4.08. The van der Waals surface area contributed by atoms with E-state index >= 15 is 0 Å². The molecule has 92 valence electrons. The second-order valence-electron chi connectivity index (χ2n) is 5.54. The van der Waals surface area contributed by atoms with E-state index in [2.05, 4.69) is 36.5 Å². The van der Waals surface area contributed by atoms with Gasteiger partial charge in [-0.15, -0.1) is 0 Å². The molecular formula is C15H21NO. The molecule has 1 unspecified atom stereocenters. The predicted octanol–water partition coefficient (Wildman–Crippen LogP) is 2.77. The second-order valence-corrected chi connectivity index (χ2v) is 5.54. The summed E-state index contributed by atoms with van der Waals surface area (Å²) in [5.74, 6) is 1.11. The first-order chi connectivity index (χ1) is 8.31. The number of nitrogens with one attached hydrogen (secondary N) is 1. The summed E-state index contributed by atoms with van der Waals surface area (Å²) in [6, 6.07) is 8.46. The van der Waals surface area contributed by atoms with Crippen molar-refractivity contribution in [3.8, 4) is 5.75 Å². The summed E-state index contributed by atoms with van der Waals surface area (Å²) in [6.45, 7) is 4.42. The Labute approximate surface area is 103 Å². The van der Waals surface area contributed by atoms with E-state index in [4.69, 9.17) is 4.74 Å². The molecule has 0 bridgehead atoms. The van der Waals surface area contributed by atoms with E-state index in [0.29, 0.717) is 11.5 Å². The number of rotatable bonds is 5. The number of hydrogen-bond acceptors (Lipinski definition) is 2. The van der Waals surface area contributed by atoms with E-state index in [9.17, 15) is 0 Å². The Morgan fingerprint density at radius 2 is 2.18 bits per heavy atom. The molecule has 1 aromatic rings. The normalized spacial score (nSPS) is 24.2. The summed E-state index contributed by atoms with van der Waals surface area (Å²) in [5.41, 5.74) is 1.93. The van der Waals surface area contributed by atoms with Crippen LogP contribution in [0.3, 0.4) is 0 Å². The zero-order valence-corrected chi connectivity index (χ0v) is 10.5. The Morgan fingerprint density at radius 1 is 1.35 bits per heavy atom. The average molecular weight is 231 g/mol. The SMILES string of the molecule is CCNCC1(CC2Cc3ccccc3O2)CC1. The fraction of sp³-hybridized carbons (Fsp3) is 0.600. The minimum atomic E-state index is 0.411. The van der Waals surface area contributed by atoms with Crippen LogP contribution in [0.15, 0.2) is 24.3 Å². The molecule has 2 nitrogen and oxygen atoms in total. The molecule has 1 fully saturated rings. The first kappa shape index (κ1) is 11.1. The topological polar surface area (TPSA) is 21.3 Å². The minimum absolute atomic E-state index is 0.411. The van der Waals surface area contributed by atoms with Crippen LogP contribution in [0.25, 0.3) is 0 Å². The Hall–Kier alpha value is -1.02. The molecule has 1 aliphatic carbocycles. The summed E-state index contributed by atoms with van der Waals surface area (Å²) in [4.78, 5) is 0. The van der Waals surface area contributed by atoms with Crippen molar-refractivity contribution in [3.63, 3.8) is 0 Å². The number of fused-ring (bicyclic) bond motifs is 1. The van der Waals surface area contributed by atoms with Gasteiger partial charge in [0, 0.05) is 13.0 Å². The molecule has 1 atom stereocenters. The van der Waals surface area contributed by atoms with E-state index in [-0.39, 0.29) is 0 Å². The lowest BCUT2D eigenvalue weighted by Crippen LogP contribution is -2.28. The summed E-state index contributed by atoms with van der Waals surface area (Å²) in [7, 11) is 0. The molecule has 1 N–H and O–H groups in total. The van der Waals surface area contributed by atoms with Gasteiger partial charge in [-0.3, -0.25) is 0 Å². The van der Waals surface area contributed by atoms with E-state index < -0.39 is 0 Å². The molecule has 17 heavy (non-hydrogen) atoms. The summed E-state index contributed by atoms with van der Waals surface area (Å²) in [5, 5.41) is 3.49. The highest BCUT2D eigenvalue weighted by Crippen LogP contribution is 2.50. The number of para-hydroxylation sites is 1. The molecule has 0 spiro atoms. The van der Waals surface area contributed by atoms with Crippen molar-refractivity contribution in [3.05, 3.63) is 29.8 Å². The van der Waals surface area contributed by atoms with Gasteiger partial charge < -0.3 is 10.1 Å². The van der Waals surface area contributed by atoms with Gasteiger partial charge in [0.2, 0.25) is 0 Å². The van der Waals surface area contributed by atoms with Gasteiger partial charge in [0.15, 0.2) is 0 Å². The maximum absolute atomic E-state index is 6.03. The van der Waals surface area contributed by atoms with Crippen molar-refractivity contribution < 1.29 is 4.74 Å². The van der Waals surface area contributed by atoms with Crippen LogP contribution < -0.4 is 10.1 Å². The molecule has 1 heterocycles. The van der Waals surface area contributed by atoms with Crippen molar-refractivity contribution in [1.82, 2.24) is 5.32 Å². The summed E-state index contributed by atoms with van der Waals surface area (Å²) in [6.07, 6.45) is 5.47. The third kappa shape index (κ3) is 2.32. The maximum atomic E-state index is 6.03. The molecule has 0 saturated heterocycles. The first-order valence-electron chi connectivity index (χ1n) is 6.77. The Bertz CT molecular complexity index is 373. The van der Waals surface area contributed by atoms with Gasteiger partial charge in [-0.05, 0) is 42.9 Å². The van der Waals surface area contributed by atoms with Gasteiger partial charge in [-0.25, -0.2) is 0 Å². The Kier molecular flexibility index (Phi) is 2.83. The van der Waals surface area contributed by atoms with Gasteiger partial charge in [0.1, 0.15) is 11.9 Å². The van der Waals surface area contributed by atoms with E-state index in [1.54, 1.807) is 0 Å². The maximum Gasteiger partial charge on any atom is 0.123 e. The van der Waals surface area contributed by atoms with E-state index in [1.165, 1.54) is 31.4 Å². The zero-order chi connectivity index (χ0) is 11.7. The summed E-state index contributed by atoms with van der Waals surface area (Å²) < 4.78 is 6.03. The van der Waals surface area contributed by atoms with Crippen molar-refractivity contribution in [1.29, 1.82) is 0 Å². The van der Waals surface area contributed by atoms with Crippen LogP contribution in [-0.2, 0) is 6.42 Å². The molecule has 1 aromatic carbocycles. The Morgan fingerprint density at radius 3 is 2.88 bits per heavy atom. The van der Waals surface area contributed by atoms with Crippen LogP contribution in [-0.4, -0.2) is 19.2 Å². The van der Waals surface area contributed by atoms with Crippen LogP contribution in [0.4, 0.5) is 0 Å². The van der Waals surface area contributed by atoms with Gasteiger partial charge in [-0.2, -0.15) is 0 Å². The molecule has 2 heteroatoms. The lowest BCUT2D eigenvalue weighted by molar-refractivity contribution is 0.184. The van der Waals surface area contributed by atoms with Crippen molar-refractivity contribution in [2.45, 2.75) is 38.7 Å². The summed E-state index contributed by atoms with van der Waals surface area (Å²) >= 11 is 0. The quantitative estimate of drug-likeness (QED) is 0.841. The van der Waals surface area contributed by atoms with Crippen LogP contribution in [0.1, 0.15) is 31.7 Å². The van der Waals surface area contributed by atoms with Gasteiger partial charge in [0.25, 0.3) is 0 Å². The molecule has 1 aliphatic heterocycles. The molecule has 0 aromatic heterocycles. The number of ether oxygens (including phenoxy) is 1. The molecule has 0 amide bonds. The van der Waals surface area contributed by atoms with Crippen molar-refractivity contribution >= 4 is 0 Å². The van der Waals surface area contributed by atoms with Gasteiger partial charge >= 0.3 is 0 Å². The fourth-order valence-electron chi connectivity index (χ4n) is 2.87. The van der Waals surface area contributed by atoms with Crippen LogP contribution >= 0.6 is 0 Å². The number of hydrogen-bond donors (Lipinski definition) is 1. The van der Waals surface area contributed by atoms with Crippen LogP contribution in [0, 0.1) is 5.41 Å². The van der Waals surface area contributed by atoms with Crippen molar-refractivity contribution in [2.75, 3.05) is 13.1 Å². The fourth-order valence-corrected chi connectivity index (χ4v) is 2.87. The highest BCUT2D eigenvalue weighted by atomic mass is 16.5. The molecule has 2 aliphatic rings. The van der Waals surface area contributed by atoms with Gasteiger partial charge in [0.05, 0.1) is 0 Å². The molecule has 1 saturated carbocycles. The largest absolute Gasteiger partial charge is 0.490 e. The average Bonchev–Trinajstić information content (AvgIpc) is 2.97. The second kappa shape index (κ2) is 4.34. The zero-order valence-electron chi connectivity index (χ0n) is 10.5. The lowest BCUT2D eigenvalue weighted by atomic mass is 9.96. The number of benzene rings is 1. The highest BCUT2D eigenvalue weighted by molar-refractivity contribution is 5.37. The smallest absolute Gasteiger partial charge is 0.123 e. The Balaban J connectivity index is 1.59. The van der Waals surface area contributed by atoms with E-state index in [0.717, 1.165) is 18.7 Å². The predicted molar refractivity (Wildman–Crippen MR) is 69.4 cm³/mol. The van der Waals surface area contributed by atoms with Crippen LogP contribution in [0.5, 0.6) is 5.75 Å². The highest BCUT2D eigenvalue weighted by Gasteiger charge is 2.45. The third-order valence-electron chi connectivity index (χ3n) is 4.08. The molecule has 0 radical (unpaired) electrons. The van der Waals surface area contributed by atoms with Gasteiger partial charge in [-0.1, -0.05) is 25.1 Å². The van der Waals surface area contributed by atoms with Crippen LogP contribution in [0.2, 0.25) is 0 Å². The van der Waals surface area contributed by atoms with Crippen molar-refractivity contribution in [2.24, 2.45) is 5.41 Å².